The Morgan fingerprint density at radius 1 is 1.31 bits per heavy atom. The average Bonchev–Trinajstić information content (AvgIpc) is 2.26. The van der Waals surface area contributed by atoms with Crippen molar-refractivity contribution in [3.05, 3.63) is 29.3 Å². The maximum Gasteiger partial charge on any atom is 0.122 e. The molecule has 1 aromatic carbocycles. The van der Waals surface area contributed by atoms with E-state index in [-0.39, 0.29) is 5.41 Å². The normalized spacial score (nSPS) is 13.6. The average molecular weight is 285 g/mol. The van der Waals surface area contributed by atoms with Crippen LogP contribution in [0.25, 0.3) is 0 Å². The molecule has 0 heterocycles. The Balaban J connectivity index is 3.22. The lowest BCUT2D eigenvalue weighted by Crippen LogP contribution is -2.13. The topological polar surface area (TPSA) is 9.23 Å². The SMILES string of the molecule is COc1ccc(C(C)CBr)cc1C(C)(C)C. The lowest BCUT2D eigenvalue weighted by atomic mass is 9.84. The minimum absolute atomic E-state index is 0.118. The van der Waals surface area contributed by atoms with Gasteiger partial charge in [0.05, 0.1) is 7.11 Å². The summed E-state index contributed by atoms with van der Waals surface area (Å²) in [6, 6.07) is 6.50. The molecule has 0 saturated carbocycles. The van der Waals surface area contributed by atoms with Gasteiger partial charge in [-0.15, -0.1) is 0 Å². The highest BCUT2D eigenvalue weighted by atomic mass is 79.9. The number of ether oxygens (including phenoxy) is 1. The lowest BCUT2D eigenvalue weighted by Gasteiger charge is -2.23. The first kappa shape index (κ1) is 13.6. The van der Waals surface area contributed by atoms with E-state index in [0.29, 0.717) is 5.92 Å². The Morgan fingerprint density at radius 2 is 1.94 bits per heavy atom. The van der Waals surface area contributed by atoms with E-state index in [1.54, 1.807) is 7.11 Å². The van der Waals surface area contributed by atoms with Crippen LogP contribution in [0.5, 0.6) is 5.75 Å². The van der Waals surface area contributed by atoms with E-state index in [4.69, 9.17) is 4.74 Å². The Labute approximate surface area is 107 Å². The summed E-state index contributed by atoms with van der Waals surface area (Å²) in [5.74, 6) is 1.52. The summed E-state index contributed by atoms with van der Waals surface area (Å²) in [6.07, 6.45) is 0. The van der Waals surface area contributed by atoms with Crippen molar-refractivity contribution >= 4 is 15.9 Å². The molecule has 0 fully saturated rings. The predicted octanol–water partition coefficient (Wildman–Crippen LogP) is 4.49. The standard InChI is InChI=1S/C14H21BrO/c1-10(9-15)11-6-7-13(16-5)12(8-11)14(2,3)4/h6-8,10H,9H2,1-5H3. The van der Waals surface area contributed by atoms with Gasteiger partial charge in [0.2, 0.25) is 0 Å². The molecule has 0 amide bonds. The number of benzene rings is 1. The van der Waals surface area contributed by atoms with Gasteiger partial charge >= 0.3 is 0 Å². The number of alkyl halides is 1. The molecule has 0 spiro atoms. The molecule has 1 unspecified atom stereocenters. The van der Waals surface area contributed by atoms with Gasteiger partial charge < -0.3 is 4.74 Å². The van der Waals surface area contributed by atoms with Crippen LogP contribution in [-0.2, 0) is 5.41 Å². The molecule has 0 aromatic heterocycles. The van der Waals surface area contributed by atoms with Crippen LogP contribution in [0.1, 0.15) is 44.7 Å². The van der Waals surface area contributed by atoms with Gasteiger partial charge in [-0.3, -0.25) is 0 Å². The van der Waals surface area contributed by atoms with Crippen molar-refractivity contribution in [1.29, 1.82) is 0 Å². The van der Waals surface area contributed by atoms with Crippen LogP contribution >= 0.6 is 15.9 Å². The second kappa shape index (κ2) is 5.22. The molecular weight excluding hydrogens is 264 g/mol. The number of methoxy groups -OCH3 is 1. The molecule has 0 N–H and O–H groups in total. The van der Waals surface area contributed by atoms with Crippen molar-refractivity contribution in [2.45, 2.75) is 39.0 Å². The fourth-order valence-electron chi connectivity index (χ4n) is 1.71. The smallest absolute Gasteiger partial charge is 0.122 e. The van der Waals surface area contributed by atoms with Gasteiger partial charge in [0.25, 0.3) is 0 Å². The van der Waals surface area contributed by atoms with E-state index in [1.807, 2.05) is 0 Å². The summed E-state index contributed by atoms with van der Waals surface area (Å²) in [5, 5.41) is 0.989. The zero-order valence-electron chi connectivity index (χ0n) is 10.8. The molecule has 2 heteroatoms. The van der Waals surface area contributed by atoms with Crippen LogP contribution in [-0.4, -0.2) is 12.4 Å². The summed E-state index contributed by atoms with van der Waals surface area (Å²) < 4.78 is 5.43. The van der Waals surface area contributed by atoms with Gasteiger partial charge in [0, 0.05) is 5.33 Å². The summed E-state index contributed by atoms with van der Waals surface area (Å²) in [4.78, 5) is 0. The fraction of sp³-hybridized carbons (Fsp3) is 0.571. The molecule has 0 bridgehead atoms. The van der Waals surface area contributed by atoms with E-state index >= 15 is 0 Å². The maximum atomic E-state index is 5.43. The highest BCUT2D eigenvalue weighted by Gasteiger charge is 2.20. The Kier molecular flexibility index (Phi) is 4.43. The Bertz CT molecular complexity index is 352. The van der Waals surface area contributed by atoms with E-state index < -0.39 is 0 Å². The fourth-order valence-corrected chi connectivity index (χ4v) is 2.08. The van der Waals surface area contributed by atoms with Gasteiger partial charge in [-0.05, 0) is 28.5 Å². The summed E-state index contributed by atoms with van der Waals surface area (Å²) in [6.45, 7) is 8.87. The summed E-state index contributed by atoms with van der Waals surface area (Å²) in [5.41, 5.74) is 2.76. The van der Waals surface area contributed by atoms with E-state index in [2.05, 4.69) is 61.8 Å². The van der Waals surface area contributed by atoms with Crippen LogP contribution in [0.4, 0.5) is 0 Å². The Morgan fingerprint density at radius 3 is 2.38 bits per heavy atom. The molecule has 0 saturated heterocycles. The Hall–Kier alpha value is -0.500. The van der Waals surface area contributed by atoms with Crippen LogP contribution in [0, 0.1) is 0 Å². The number of halogens is 1. The minimum atomic E-state index is 0.118. The van der Waals surface area contributed by atoms with Gasteiger partial charge in [0.15, 0.2) is 0 Å². The van der Waals surface area contributed by atoms with Crippen molar-refractivity contribution in [3.63, 3.8) is 0 Å². The highest BCUT2D eigenvalue weighted by Crippen LogP contribution is 2.33. The lowest BCUT2D eigenvalue weighted by molar-refractivity contribution is 0.397. The van der Waals surface area contributed by atoms with Crippen LogP contribution in [0.3, 0.4) is 0 Å². The number of hydrogen-bond donors (Lipinski definition) is 0. The van der Waals surface area contributed by atoms with Crippen molar-refractivity contribution in [3.8, 4) is 5.75 Å². The first-order valence-electron chi connectivity index (χ1n) is 5.64. The van der Waals surface area contributed by atoms with Crippen molar-refractivity contribution in [2.75, 3.05) is 12.4 Å². The van der Waals surface area contributed by atoms with E-state index in [1.165, 1.54) is 11.1 Å². The molecule has 1 aromatic rings. The summed E-state index contributed by atoms with van der Waals surface area (Å²) >= 11 is 3.53. The zero-order valence-corrected chi connectivity index (χ0v) is 12.4. The zero-order chi connectivity index (χ0) is 12.3. The third kappa shape index (κ3) is 3.00. The quantitative estimate of drug-likeness (QED) is 0.743. The third-order valence-corrected chi connectivity index (χ3v) is 3.80. The van der Waals surface area contributed by atoms with Gasteiger partial charge in [-0.2, -0.15) is 0 Å². The van der Waals surface area contributed by atoms with E-state index in [0.717, 1.165) is 11.1 Å². The molecule has 1 rings (SSSR count). The molecule has 0 aliphatic rings. The van der Waals surface area contributed by atoms with E-state index in [9.17, 15) is 0 Å². The monoisotopic (exact) mass is 284 g/mol. The first-order valence-corrected chi connectivity index (χ1v) is 6.76. The minimum Gasteiger partial charge on any atom is -0.496 e. The molecule has 0 radical (unpaired) electrons. The van der Waals surface area contributed by atoms with Crippen LogP contribution < -0.4 is 4.74 Å². The van der Waals surface area contributed by atoms with Gasteiger partial charge in [-0.25, -0.2) is 0 Å². The summed E-state index contributed by atoms with van der Waals surface area (Å²) in [7, 11) is 1.73. The van der Waals surface area contributed by atoms with Crippen molar-refractivity contribution in [1.82, 2.24) is 0 Å². The molecule has 1 atom stereocenters. The van der Waals surface area contributed by atoms with Crippen molar-refractivity contribution < 1.29 is 4.74 Å². The third-order valence-electron chi connectivity index (χ3n) is 2.83. The molecule has 1 nitrogen and oxygen atoms in total. The highest BCUT2D eigenvalue weighted by molar-refractivity contribution is 9.09. The molecular formula is C14H21BrO. The van der Waals surface area contributed by atoms with Crippen molar-refractivity contribution in [2.24, 2.45) is 0 Å². The predicted molar refractivity (Wildman–Crippen MR) is 73.9 cm³/mol. The number of hydrogen-bond acceptors (Lipinski definition) is 1. The second-order valence-electron chi connectivity index (χ2n) is 5.27. The van der Waals surface area contributed by atoms with Gasteiger partial charge in [0.1, 0.15) is 5.75 Å². The molecule has 90 valence electrons. The van der Waals surface area contributed by atoms with Gasteiger partial charge in [-0.1, -0.05) is 55.8 Å². The molecule has 0 aliphatic heterocycles. The molecule has 0 aliphatic carbocycles. The molecule has 16 heavy (non-hydrogen) atoms. The first-order chi connectivity index (χ1) is 7.40. The maximum absolute atomic E-state index is 5.43. The number of rotatable bonds is 3. The van der Waals surface area contributed by atoms with Crippen LogP contribution in [0.15, 0.2) is 18.2 Å². The second-order valence-corrected chi connectivity index (χ2v) is 5.91. The largest absolute Gasteiger partial charge is 0.496 e. The van der Waals surface area contributed by atoms with Crippen LogP contribution in [0.2, 0.25) is 0 Å².